The van der Waals surface area contributed by atoms with Gasteiger partial charge in [0.1, 0.15) is 0 Å². The molecule has 0 N–H and O–H groups in total. The predicted molar refractivity (Wildman–Crippen MR) is 84.7 cm³/mol. The lowest BCUT2D eigenvalue weighted by Crippen LogP contribution is -2.16. The second-order valence-corrected chi connectivity index (χ2v) is 6.49. The Bertz CT molecular complexity index is 748. The highest BCUT2D eigenvalue weighted by molar-refractivity contribution is 7.80. The van der Waals surface area contributed by atoms with Crippen molar-refractivity contribution in [3.63, 3.8) is 0 Å². The summed E-state index contributed by atoms with van der Waals surface area (Å²) in [6.07, 6.45) is -2.50. The highest BCUT2D eigenvalue weighted by Gasteiger charge is 2.38. The SMILES string of the molecule is Cc1cc(C2CC2)c(-n2nc(C(F)(F)F)nc2N(C)C)cc1S. The van der Waals surface area contributed by atoms with E-state index in [1.165, 1.54) is 9.58 Å². The molecule has 1 aromatic carbocycles. The van der Waals surface area contributed by atoms with E-state index in [1.54, 1.807) is 20.2 Å². The molecule has 1 aromatic heterocycles. The fourth-order valence-corrected chi connectivity index (χ4v) is 2.67. The Balaban J connectivity index is 2.22. The van der Waals surface area contributed by atoms with Gasteiger partial charge in [-0.1, -0.05) is 6.07 Å². The minimum Gasteiger partial charge on any atom is -0.347 e. The molecule has 1 fully saturated rings. The molecule has 23 heavy (non-hydrogen) atoms. The number of nitrogens with zero attached hydrogens (tertiary/aromatic N) is 4. The normalized spacial score (nSPS) is 15.1. The number of anilines is 1. The molecule has 124 valence electrons. The summed E-state index contributed by atoms with van der Waals surface area (Å²) in [6.45, 7) is 1.94. The van der Waals surface area contributed by atoms with Crippen molar-refractivity contribution in [1.82, 2.24) is 14.8 Å². The number of hydrogen-bond acceptors (Lipinski definition) is 4. The van der Waals surface area contributed by atoms with Gasteiger partial charge in [-0.15, -0.1) is 17.7 Å². The molecule has 1 aliphatic carbocycles. The summed E-state index contributed by atoms with van der Waals surface area (Å²) in [5.41, 5.74) is 2.62. The molecule has 0 amide bonds. The first-order chi connectivity index (χ1) is 10.7. The molecule has 0 radical (unpaired) electrons. The number of hydrogen-bond donors (Lipinski definition) is 1. The molecule has 4 nitrogen and oxygen atoms in total. The minimum atomic E-state index is -4.58. The summed E-state index contributed by atoms with van der Waals surface area (Å²) < 4.78 is 40.3. The monoisotopic (exact) mass is 342 g/mol. The van der Waals surface area contributed by atoms with Gasteiger partial charge in [0, 0.05) is 19.0 Å². The van der Waals surface area contributed by atoms with Crippen LogP contribution in [0.2, 0.25) is 0 Å². The molecule has 3 rings (SSSR count). The molecule has 0 saturated heterocycles. The van der Waals surface area contributed by atoms with E-state index in [0.717, 1.165) is 28.9 Å². The van der Waals surface area contributed by atoms with E-state index >= 15 is 0 Å². The zero-order valence-electron chi connectivity index (χ0n) is 13.0. The van der Waals surface area contributed by atoms with Crippen LogP contribution in [-0.2, 0) is 6.18 Å². The van der Waals surface area contributed by atoms with Gasteiger partial charge in [-0.2, -0.15) is 22.8 Å². The third kappa shape index (κ3) is 3.04. The average Bonchev–Trinajstić information content (AvgIpc) is 3.17. The number of alkyl halides is 3. The van der Waals surface area contributed by atoms with Crippen molar-refractivity contribution >= 4 is 18.6 Å². The lowest BCUT2D eigenvalue weighted by molar-refractivity contribution is -0.144. The van der Waals surface area contributed by atoms with Gasteiger partial charge >= 0.3 is 6.18 Å². The van der Waals surface area contributed by atoms with E-state index in [9.17, 15) is 13.2 Å². The maximum atomic E-state index is 13.0. The summed E-state index contributed by atoms with van der Waals surface area (Å²) in [5.74, 6) is -0.619. The number of halogens is 3. The molecule has 0 bridgehead atoms. The largest absolute Gasteiger partial charge is 0.453 e. The number of aryl methyl sites for hydroxylation is 1. The maximum Gasteiger partial charge on any atom is 0.453 e. The first-order valence-corrected chi connectivity index (χ1v) is 7.68. The number of aromatic nitrogens is 3. The highest BCUT2D eigenvalue weighted by Crippen LogP contribution is 2.44. The second-order valence-electron chi connectivity index (χ2n) is 6.01. The van der Waals surface area contributed by atoms with E-state index in [4.69, 9.17) is 0 Å². The van der Waals surface area contributed by atoms with Gasteiger partial charge < -0.3 is 4.90 Å². The van der Waals surface area contributed by atoms with Crippen LogP contribution < -0.4 is 4.90 Å². The maximum absolute atomic E-state index is 13.0. The van der Waals surface area contributed by atoms with Crippen LogP contribution in [0.25, 0.3) is 5.69 Å². The first-order valence-electron chi connectivity index (χ1n) is 7.24. The molecule has 8 heteroatoms. The van der Waals surface area contributed by atoms with Crippen LogP contribution >= 0.6 is 12.6 Å². The van der Waals surface area contributed by atoms with Crippen molar-refractivity contribution < 1.29 is 13.2 Å². The molecule has 1 saturated carbocycles. The van der Waals surface area contributed by atoms with Crippen molar-refractivity contribution in [1.29, 1.82) is 0 Å². The molecule has 2 aromatic rings. The number of benzene rings is 1. The van der Waals surface area contributed by atoms with E-state index < -0.39 is 12.0 Å². The lowest BCUT2D eigenvalue weighted by atomic mass is 10.1. The fraction of sp³-hybridized carbons (Fsp3) is 0.467. The number of rotatable bonds is 3. The Morgan fingerprint density at radius 1 is 1.26 bits per heavy atom. The molecule has 1 heterocycles. The van der Waals surface area contributed by atoms with Crippen molar-refractivity contribution in [3.8, 4) is 5.69 Å². The molecule has 0 aliphatic heterocycles. The van der Waals surface area contributed by atoms with Gasteiger partial charge in [-0.3, -0.25) is 0 Å². The summed E-state index contributed by atoms with van der Waals surface area (Å²) >= 11 is 4.41. The van der Waals surface area contributed by atoms with E-state index in [1.807, 2.05) is 13.0 Å². The molecular formula is C15H17F3N4S. The predicted octanol–water partition coefficient (Wildman–Crippen LogP) is 3.83. The topological polar surface area (TPSA) is 34.0 Å². The quantitative estimate of drug-likeness (QED) is 0.861. The van der Waals surface area contributed by atoms with Gasteiger partial charge in [-0.05, 0) is 42.9 Å². The van der Waals surface area contributed by atoms with Crippen molar-refractivity contribution in [2.75, 3.05) is 19.0 Å². The van der Waals surface area contributed by atoms with Crippen LogP contribution in [0.15, 0.2) is 17.0 Å². The van der Waals surface area contributed by atoms with Crippen LogP contribution in [0, 0.1) is 6.92 Å². The standard InChI is InChI=1S/C15H17F3N4S/c1-8-6-10(9-4-5-9)11(7-12(8)23)22-14(21(2)3)19-13(20-22)15(16,17)18/h6-7,9,23H,4-5H2,1-3H3. The fourth-order valence-electron chi connectivity index (χ4n) is 2.49. The van der Waals surface area contributed by atoms with Crippen molar-refractivity contribution in [3.05, 3.63) is 29.1 Å². The Labute approximate surface area is 137 Å². The third-order valence-electron chi connectivity index (χ3n) is 3.83. The Kier molecular flexibility index (Phi) is 3.82. The lowest BCUT2D eigenvalue weighted by Gasteiger charge is -2.16. The molecule has 0 spiro atoms. The van der Waals surface area contributed by atoms with Gasteiger partial charge in [0.2, 0.25) is 5.95 Å². The Morgan fingerprint density at radius 3 is 2.43 bits per heavy atom. The minimum absolute atomic E-state index is 0.149. The number of thiol groups is 1. The molecule has 0 unspecified atom stereocenters. The summed E-state index contributed by atoms with van der Waals surface area (Å²) in [4.78, 5) is 5.90. The van der Waals surface area contributed by atoms with Crippen LogP contribution in [0.5, 0.6) is 0 Å². The Hall–Kier alpha value is -1.70. The summed E-state index contributed by atoms with van der Waals surface area (Å²) in [6, 6.07) is 3.76. The van der Waals surface area contributed by atoms with Crippen LogP contribution in [0.4, 0.5) is 19.1 Å². The first kappa shape index (κ1) is 16.2. The molecule has 1 aliphatic rings. The van der Waals surface area contributed by atoms with Gasteiger partial charge in [-0.25, -0.2) is 0 Å². The van der Waals surface area contributed by atoms with Crippen LogP contribution in [0.3, 0.4) is 0 Å². The van der Waals surface area contributed by atoms with E-state index in [2.05, 4.69) is 22.7 Å². The van der Waals surface area contributed by atoms with Gasteiger partial charge in [0.05, 0.1) is 5.69 Å². The Morgan fingerprint density at radius 2 is 1.91 bits per heavy atom. The van der Waals surface area contributed by atoms with E-state index in [0.29, 0.717) is 11.6 Å². The zero-order valence-corrected chi connectivity index (χ0v) is 13.9. The average molecular weight is 342 g/mol. The van der Waals surface area contributed by atoms with Crippen LogP contribution in [0.1, 0.15) is 35.7 Å². The third-order valence-corrected chi connectivity index (χ3v) is 4.32. The van der Waals surface area contributed by atoms with Gasteiger partial charge in [0.15, 0.2) is 0 Å². The summed E-state index contributed by atoms with van der Waals surface area (Å²) in [5, 5.41) is 3.72. The van der Waals surface area contributed by atoms with Crippen molar-refractivity contribution in [2.24, 2.45) is 0 Å². The summed E-state index contributed by atoms with van der Waals surface area (Å²) in [7, 11) is 3.29. The van der Waals surface area contributed by atoms with E-state index in [-0.39, 0.29) is 5.95 Å². The zero-order chi connectivity index (χ0) is 16.9. The second kappa shape index (κ2) is 5.43. The highest BCUT2D eigenvalue weighted by atomic mass is 32.1. The van der Waals surface area contributed by atoms with Gasteiger partial charge in [0.25, 0.3) is 5.82 Å². The van der Waals surface area contributed by atoms with Crippen molar-refractivity contribution in [2.45, 2.75) is 36.8 Å². The molecular weight excluding hydrogens is 325 g/mol. The smallest absolute Gasteiger partial charge is 0.347 e. The van der Waals surface area contributed by atoms with Crippen LogP contribution in [-0.4, -0.2) is 28.9 Å². The molecule has 0 atom stereocenters.